The van der Waals surface area contributed by atoms with Gasteiger partial charge in [0.1, 0.15) is 0 Å². The third-order valence-electron chi connectivity index (χ3n) is 2.42. The maximum absolute atomic E-state index is 11.4. The number of amides is 1. The number of carbonyl (C=O) groups excluding carboxylic acids is 1. The van der Waals surface area contributed by atoms with Crippen LogP contribution in [0.25, 0.3) is 0 Å². The van der Waals surface area contributed by atoms with Crippen molar-refractivity contribution in [2.24, 2.45) is 5.73 Å². The molecule has 5 nitrogen and oxygen atoms in total. The predicted molar refractivity (Wildman–Crippen MR) is 58.5 cm³/mol. The molecule has 0 spiro atoms. The Morgan fingerprint density at radius 1 is 1.38 bits per heavy atom. The fourth-order valence-electron chi connectivity index (χ4n) is 1.60. The number of nitrogens with one attached hydrogen (secondary N) is 1. The van der Waals surface area contributed by atoms with Gasteiger partial charge in [-0.25, -0.2) is 0 Å². The lowest BCUT2D eigenvalue weighted by atomic mass is 9.94. The van der Waals surface area contributed by atoms with E-state index in [1.807, 2.05) is 30.3 Å². The van der Waals surface area contributed by atoms with Crippen molar-refractivity contribution in [1.82, 2.24) is 15.4 Å². The molecule has 1 aromatic heterocycles. The Labute approximate surface area is 92.7 Å². The summed E-state index contributed by atoms with van der Waals surface area (Å²) < 4.78 is 0. The van der Waals surface area contributed by atoms with Crippen molar-refractivity contribution in [1.29, 1.82) is 0 Å². The van der Waals surface area contributed by atoms with Crippen molar-refractivity contribution >= 4 is 5.91 Å². The summed E-state index contributed by atoms with van der Waals surface area (Å²) in [6, 6.07) is 9.44. The molecule has 2 rings (SSSR count). The molecule has 1 unspecified atom stereocenters. The number of aromatic amines is 1. The molecule has 0 aliphatic carbocycles. The summed E-state index contributed by atoms with van der Waals surface area (Å²) in [6.45, 7) is 0. The Hall–Kier alpha value is -2.17. The monoisotopic (exact) mass is 216 g/mol. The third kappa shape index (κ3) is 2.25. The van der Waals surface area contributed by atoms with Crippen molar-refractivity contribution in [3.8, 4) is 0 Å². The second-order valence-electron chi connectivity index (χ2n) is 3.53. The van der Waals surface area contributed by atoms with E-state index in [1.165, 1.54) is 0 Å². The van der Waals surface area contributed by atoms with E-state index < -0.39 is 0 Å². The van der Waals surface area contributed by atoms with Gasteiger partial charge in [-0.2, -0.15) is 15.4 Å². The molecule has 2 aromatic rings. The molecule has 0 saturated carbocycles. The minimum atomic E-state index is -0.355. The van der Waals surface area contributed by atoms with Crippen LogP contribution in [0.5, 0.6) is 0 Å². The van der Waals surface area contributed by atoms with Crippen LogP contribution in [-0.2, 0) is 11.2 Å². The number of carbonyl (C=O) groups is 1. The highest BCUT2D eigenvalue weighted by molar-refractivity contribution is 5.82. The van der Waals surface area contributed by atoms with E-state index >= 15 is 0 Å². The summed E-state index contributed by atoms with van der Waals surface area (Å²) in [7, 11) is 0. The lowest BCUT2D eigenvalue weighted by molar-refractivity contribution is -0.119. The molecular formula is C11H12N4O. The fraction of sp³-hybridized carbons (Fsp3) is 0.182. The minimum absolute atomic E-state index is 0.353. The molecule has 5 heteroatoms. The van der Waals surface area contributed by atoms with Gasteiger partial charge < -0.3 is 5.73 Å². The zero-order valence-electron chi connectivity index (χ0n) is 8.63. The number of H-pyrrole nitrogens is 1. The van der Waals surface area contributed by atoms with E-state index in [0.717, 1.165) is 11.3 Å². The van der Waals surface area contributed by atoms with Crippen LogP contribution in [0.4, 0.5) is 0 Å². The Morgan fingerprint density at radius 3 is 2.69 bits per heavy atom. The molecule has 16 heavy (non-hydrogen) atoms. The standard InChI is InChI=1S/C11H12N4O/c12-11(16)10(6-9-7-13-15-14-9)8-4-2-1-3-5-8/h1-5,7,10H,6H2,(H2,12,16)(H,13,14,15). The van der Waals surface area contributed by atoms with Crippen LogP contribution < -0.4 is 5.73 Å². The van der Waals surface area contributed by atoms with Crippen molar-refractivity contribution < 1.29 is 4.79 Å². The molecule has 0 radical (unpaired) electrons. The fourth-order valence-corrected chi connectivity index (χ4v) is 1.60. The largest absolute Gasteiger partial charge is 0.369 e. The average Bonchev–Trinajstić information content (AvgIpc) is 2.79. The first kappa shape index (κ1) is 10.4. The van der Waals surface area contributed by atoms with Gasteiger partial charge in [-0.3, -0.25) is 4.79 Å². The first-order chi connectivity index (χ1) is 7.77. The number of rotatable bonds is 4. The molecule has 1 amide bonds. The molecule has 0 fully saturated rings. The predicted octanol–water partition coefficient (Wildman–Crippen LogP) is 0.616. The quantitative estimate of drug-likeness (QED) is 0.785. The van der Waals surface area contributed by atoms with Gasteiger partial charge in [0.2, 0.25) is 5.91 Å². The highest BCUT2D eigenvalue weighted by atomic mass is 16.1. The molecule has 1 atom stereocenters. The molecule has 0 bridgehead atoms. The Kier molecular flexibility index (Phi) is 2.95. The molecule has 1 heterocycles. The van der Waals surface area contributed by atoms with Crippen LogP contribution in [-0.4, -0.2) is 21.3 Å². The van der Waals surface area contributed by atoms with Gasteiger partial charge in [0.05, 0.1) is 17.8 Å². The van der Waals surface area contributed by atoms with Gasteiger partial charge in [-0.15, -0.1) is 0 Å². The van der Waals surface area contributed by atoms with Crippen LogP contribution in [0.3, 0.4) is 0 Å². The molecule has 0 aliphatic rings. The lowest BCUT2D eigenvalue weighted by Gasteiger charge is -2.11. The SMILES string of the molecule is NC(=O)C(Cc1cn[nH]n1)c1ccccc1. The normalized spacial score (nSPS) is 12.2. The van der Waals surface area contributed by atoms with Crippen LogP contribution in [0, 0.1) is 0 Å². The topological polar surface area (TPSA) is 84.7 Å². The Morgan fingerprint density at radius 2 is 2.12 bits per heavy atom. The summed E-state index contributed by atoms with van der Waals surface area (Å²) in [4.78, 5) is 11.4. The van der Waals surface area contributed by atoms with E-state index in [1.54, 1.807) is 6.20 Å². The minimum Gasteiger partial charge on any atom is -0.369 e. The van der Waals surface area contributed by atoms with Crippen molar-refractivity contribution in [2.75, 3.05) is 0 Å². The van der Waals surface area contributed by atoms with E-state index in [0.29, 0.717) is 6.42 Å². The lowest BCUT2D eigenvalue weighted by Crippen LogP contribution is -2.23. The number of hydrogen-bond donors (Lipinski definition) is 2. The van der Waals surface area contributed by atoms with Gasteiger partial charge in [-0.05, 0) is 5.56 Å². The highest BCUT2D eigenvalue weighted by Crippen LogP contribution is 2.18. The summed E-state index contributed by atoms with van der Waals surface area (Å²) in [5.41, 5.74) is 7.02. The molecule has 1 aromatic carbocycles. The average molecular weight is 216 g/mol. The van der Waals surface area contributed by atoms with E-state index in [-0.39, 0.29) is 11.8 Å². The van der Waals surface area contributed by atoms with Gasteiger partial charge in [0, 0.05) is 6.42 Å². The third-order valence-corrected chi connectivity index (χ3v) is 2.42. The first-order valence-corrected chi connectivity index (χ1v) is 4.96. The maximum atomic E-state index is 11.4. The van der Waals surface area contributed by atoms with E-state index in [9.17, 15) is 4.79 Å². The van der Waals surface area contributed by atoms with E-state index in [2.05, 4.69) is 15.4 Å². The maximum Gasteiger partial charge on any atom is 0.225 e. The molecule has 3 N–H and O–H groups in total. The van der Waals surface area contributed by atoms with Gasteiger partial charge >= 0.3 is 0 Å². The summed E-state index contributed by atoms with van der Waals surface area (Å²) >= 11 is 0. The molecule has 82 valence electrons. The number of primary amides is 1. The second-order valence-corrected chi connectivity index (χ2v) is 3.53. The summed E-state index contributed by atoms with van der Waals surface area (Å²) in [5.74, 6) is -0.708. The van der Waals surface area contributed by atoms with Crippen LogP contribution in [0.1, 0.15) is 17.2 Å². The zero-order chi connectivity index (χ0) is 11.4. The van der Waals surface area contributed by atoms with Crippen LogP contribution in [0.2, 0.25) is 0 Å². The number of aromatic nitrogens is 3. The van der Waals surface area contributed by atoms with Gasteiger partial charge in [0.25, 0.3) is 0 Å². The van der Waals surface area contributed by atoms with Gasteiger partial charge in [0.15, 0.2) is 0 Å². The van der Waals surface area contributed by atoms with Crippen LogP contribution in [0.15, 0.2) is 36.5 Å². The first-order valence-electron chi connectivity index (χ1n) is 4.96. The Balaban J connectivity index is 2.22. The molecule has 0 saturated heterocycles. The van der Waals surface area contributed by atoms with Crippen LogP contribution >= 0.6 is 0 Å². The van der Waals surface area contributed by atoms with Gasteiger partial charge in [-0.1, -0.05) is 30.3 Å². The number of benzene rings is 1. The Bertz CT molecular complexity index is 452. The van der Waals surface area contributed by atoms with Crippen molar-refractivity contribution in [3.05, 3.63) is 47.8 Å². The smallest absolute Gasteiger partial charge is 0.225 e. The molecular weight excluding hydrogens is 204 g/mol. The summed E-state index contributed by atoms with van der Waals surface area (Å²) in [5, 5.41) is 10.1. The molecule has 0 aliphatic heterocycles. The van der Waals surface area contributed by atoms with Crippen molar-refractivity contribution in [3.63, 3.8) is 0 Å². The second kappa shape index (κ2) is 4.57. The van der Waals surface area contributed by atoms with Crippen molar-refractivity contribution in [2.45, 2.75) is 12.3 Å². The zero-order valence-corrected chi connectivity index (χ0v) is 8.63. The number of hydrogen-bond acceptors (Lipinski definition) is 3. The van der Waals surface area contributed by atoms with E-state index in [4.69, 9.17) is 5.73 Å². The summed E-state index contributed by atoms with van der Waals surface area (Å²) in [6.07, 6.45) is 2.06. The number of nitrogens with two attached hydrogens (primary N) is 1. The number of nitrogens with zero attached hydrogens (tertiary/aromatic N) is 2. The highest BCUT2D eigenvalue weighted by Gasteiger charge is 2.19.